The molecular weight excluding hydrogens is 182 g/mol. The highest BCUT2D eigenvalue weighted by Crippen LogP contribution is 1.96. The molecule has 0 aliphatic rings. The maximum absolute atomic E-state index is 11.4. The van der Waals surface area contributed by atoms with Crippen molar-refractivity contribution < 1.29 is 0 Å². The second kappa shape index (κ2) is 3.13. The van der Waals surface area contributed by atoms with E-state index in [0.29, 0.717) is 6.54 Å². The van der Waals surface area contributed by atoms with Crippen molar-refractivity contribution in [3.63, 3.8) is 0 Å². The Morgan fingerprint density at radius 2 is 2.14 bits per heavy atom. The van der Waals surface area contributed by atoms with E-state index in [1.54, 1.807) is 17.9 Å². The first-order chi connectivity index (χ1) is 6.66. The zero-order valence-electron chi connectivity index (χ0n) is 8.08. The molecule has 0 N–H and O–H groups in total. The van der Waals surface area contributed by atoms with Gasteiger partial charge in [0.25, 0.3) is 0 Å². The minimum absolute atomic E-state index is 0.117. The highest BCUT2D eigenvalue weighted by molar-refractivity contribution is 5.03. The van der Waals surface area contributed by atoms with Crippen LogP contribution >= 0.6 is 0 Å². The van der Waals surface area contributed by atoms with E-state index >= 15 is 0 Å². The number of rotatable bonds is 2. The van der Waals surface area contributed by atoms with Crippen LogP contribution in [0.5, 0.6) is 0 Å². The normalized spacial score (nSPS) is 10.7. The lowest BCUT2D eigenvalue weighted by Gasteiger charge is -1.94. The summed E-state index contributed by atoms with van der Waals surface area (Å²) in [7, 11) is 3.51. The summed E-state index contributed by atoms with van der Waals surface area (Å²) < 4.78 is 4.54. The number of hydrogen-bond donors (Lipinski definition) is 0. The van der Waals surface area contributed by atoms with Gasteiger partial charge in [0, 0.05) is 25.9 Å². The molecule has 2 heterocycles. The van der Waals surface area contributed by atoms with Gasteiger partial charge >= 0.3 is 5.69 Å². The summed E-state index contributed by atoms with van der Waals surface area (Å²) in [6.07, 6.45) is 5.08. The average molecular weight is 193 g/mol. The lowest BCUT2D eigenvalue weighted by Crippen LogP contribution is -2.23. The molecule has 2 aromatic heterocycles. The fraction of sp³-hybridized carbons (Fsp3) is 0.375. The predicted octanol–water partition coefficient (Wildman–Crippen LogP) is -0.636. The minimum Gasteiger partial charge on any atom is -0.285 e. The summed E-state index contributed by atoms with van der Waals surface area (Å²) >= 11 is 0. The van der Waals surface area contributed by atoms with E-state index in [0.717, 1.165) is 5.56 Å². The van der Waals surface area contributed by atoms with Crippen LogP contribution < -0.4 is 5.69 Å². The summed E-state index contributed by atoms with van der Waals surface area (Å²) in [5, 5.41) is 7.97. The molecule has 0 spiro atoms. The average Bonchev–Trinajstić information content (AvgIpc) is 2.67. The van der Waals surface area contributed by atoms with Crippen LogP contribution in [0, 0.1) is 0 Å². The Balaban J connectivity index is 2.27. The maximum Gasteiger partial charge on any atom is 0.345 e. The molecule has 0 aromatic carbocycles. The van der Waals surface area contributed by atoms with E-state index in [1.165, 1.54) is 15.6 Å². The van der Waals surface area contributed by atoms with E-state index in [-0.39, 0.29) is 5.69 Å². The Hall–Kier alpha value is -1.85. The molecular formula is C8H11N5O. The Kier molecular flexibility index (Phi) is 1.95. The summed E-state index contributed by atoms with van der Waals surface area (Å²) in [5.41, 5.74) is 0.849. The van der Waals surface area contributed by atoms with Crippen molar-refractivity contribution in [1.29, 1.82) is 0 Å². The topological polar surface area (TPSA) is 57.6 Å². The third-order valence-corrected chi connectivity index (χ3v) is 1.98. The van der Waals surface area contributed by atoms with Crippen molar-refractivity contribution in [2.45, 2.75) is 6.54 Å². The van der Waals surface area contributed by atoms with Crippen LogP contribution in [0.15, 0.2) is 23.5 Å². The molecule has 6 nitrogen and oxygen atoms in total. The molecule has 0 fully saturated rings. The van der Waals surface area contributed by atoms with E-state index in [2.05, 4.69) is 10.2 Å². The van der Waals surface area contributed by atoms with Crippen LogP contribution in [0.1, 0.15) is 5.56 Å². The van der Waals surface area contributed by atoms with Crippen LogP contribution in [0.4, 0.5) is 0 Å². The first kappa shape index (κ1) is 8.74. The van der Waals surface area contributed by atoms with Gasteiger partial charge in [-0.2, -0.15) is 10.2 Å². The second-order valence-corrected chi connectivity index (χ2v) is 3.20. The van der Waals surface area contributed by atoms with Crippen LogP contribution in [0.3, 0.4) is 0 Å². The molecule has 74 valence electrons. The molecule has 0 bridgehead atoms. The molecule has 2 rings (SSSR count). The zero-order chi connectivity index (χ0) is 10.1. The molecule has 2 aromatic rings. The molecule has 6 heteroatoms. The predicted molar refractivity (Wildman–Crippen MR) is 49.8 cm³/mol. The fourth-order valence-corrected chi connectivity index (χ4v) is 1.26. The quantitative estimate of drug-likeness (QED) is 0.637. The highest BCUT2D eigenvalue weighted by atomic mass is 16.2. The van der Waals surface area contributed by atoms with E-state index in [1.807, 2.05) is 13.2 Å². The number of aromatic nitrogens is 5. The number of nitrogens with zero attached hydrogens (tertiary/aromatic N) is 5. The van der Waals surface area contributed by atoms with Crippen molar-refractivity contribution >= 4 is 0 Å². The Morgan fingerprint density at radius 1 is 1.36 bits per heavy atom. The van der Waals surface area contributed by atoms with Gasteiger partial charge in [-0.25, -0.2) is 9.48 Å². The maximum atomic E-state index is 11.4. The van der Waals surface area contributed by atoms with Crippen molar-refractivity contribution in [3.05, 3.63) is 34.8 Å². The third kappa shape index (κ3) is 1.46. The molecule has 0 aliphatic heterocycles. The molecule has 0 aliphatic carbocycles. The van der Waals surface area contributed by atoms with Crippen molar-refractivity contribution in [2.24, 2.45) is 14.1 Å². The van der Waals surface area contributed by atoms with E-state index in [9.17, 15) is 4.79 Å². The Bertz CT molecular complexity index is 492. The van der Waals surface area contributed by atoms with Crippen molar-refractivity contribution in [1.82, 2.24) is 24.1 Å². The van der Waals surface area contributed by atoms with Gasteiger partial charge in [0.15, 0.2) is 0 Å². The van der Waals surface area contributed by atoms with Crippen LogP contribution in [-0.2, 0) is 20.6 Å². The number of hydrogen-bond acceptors (Lipinski definition) is 3. The smallest absolute Gasteiger partial charge is 0.285 e. The Labute approximate surface area is 80.4 Å². The van der Waals surface area contributed by atoms with Gasteiger partial charge in [-0.1, -0.05) is 0 Å². The SMILES string of the molecule is Cn1cc(Cn2ncn(C)c2=O)cn1. The van der Waals surface area contributed by atoms with Gasteiger partial charge in [0.1, 0.15) is 6.33 Å². The van der Waals surface area contributed by atoms with Crippen LogP contribution in [0.25, 0.3) is 0 Å². The molecule has 0 atom stereocenters. The van der Waals surface area contributed by atoms with Crippen molar-refractivity contribution in [2.75, 3.05) is 0 Å². The molecule has 0 unspecified atom stereocenters. The lowest BCUT2D eigenvalue weighted by molar-refractivity contribution is 0.646. The second-order valence-electron chi connectivity index (χ2n) is 3.20. The monoisotopic (exact) mass is 193 g/mol. The first-order valence-corrected chi connectivity index (χ1v) is 4.23. The van der Waals surface area contributed by atoms with Crippen LogP contribution in [0.2, 0.25) is 0 Å². The summed E-state index contributed by atoms with van der Waals surface area (Å²) in [4.78, 5) is 11.4. The van der Waals surface area contributed by atoms with Gasteiger partial charge < -0.3 is 0 Å². The summed E-state index contributed by atoms with van der Waals surface area (Å²) in [6.45, 7) is 0.466. The van der Waals surface area contributed by atoms with Crippen LogP contribution in [-0.4, -0.2) is 24.1 Å². The fourth-order valence-electron chi connectivity index (χ4n) is 1.26. The standard InChI is InChI=1S/C8H11N5O/c1-11-6-10-13(8(11)14)5-7-3-9-12(2)4-7/h3-4,6H,5H2,1-2H3. The van der Waals surface area contributed by atoms with Gasteiger partial charge in [0.2, 0.25) is 0 Å². The molecule has 0 saturated heterocycles. The van der Waals surface area contributed by atoms with Gasteiger partial charge in [-0.05, 0) is 0 Å². The molecule has 0 saturated carbocycles. The summed E-state index contributed by atoms with van der Waals surface area (Å²) in [5.74, 6) is 0. The minimum atomic E-state index is -0.117. The summed E-state index contributed by atoms with van der Waals surface area (Å²) in [6, 6.07) is 0. The van der Waals surface area contributed by atoms with Gasteiger partial charge in [-0.15, -0.1) is 0 Å². The number of aryl methyl sites for hydroxylation is 2. The first-order valence-electron chi connectivity index (χ1n) is 4.23. The largest absolute Gasteiger partial charge is 0.345 e. The van der Waals surface area contributed by atoms with E-state index < -0.39 is 0 Å². The third-order valence-electron chi connectivity index (χ3n) is 1.98. The van der Waals surface area contributed by atoms with Gasteiger partial charge in [0.05, 0.1) is 12.7 Å². The molecule has 0 amide bonds. The van der Waals surface area contributed by atoms with Gasteiger partial charge in [-0.3, -0.25) is 9.25 Å². The Morgan fingerprint density at radius 3 is 2.64 bits per heavy atom. The van der Waals surface area contributed by atoms with Crippen molar-refractivity contribution in [3.8, 4) is 0 Å². The molecule has 14 heavy (non-hydrogen) atoms. The highest BCUT2D eigenvalue weighted by Gasteiger charge is 2.03. The van der Waals surface area contributed by atoms with E-state index in [4.69, 9.17) is 0 Å². The lowest BCUT2D eigenvalue weighted by atomic mass is 10.4. The molecule has 0 radical (unpaired) electrons. The zero-order valence-corrected chi connectivity index (χ0v) is 8.08.